The molecular weight excluding hydrogens is 218 g/mol. The molecule has 0 bridgehead atoms. The molecule has 2 N–H and O–H groups in total. The summed E-state index contributed by atoms with van der Waals surface area (Å²) in [5.74, 6) is -0.0766. The third-order valence-corrected chi connectivity index (χ3v) is 4.12. The van der Waals surface area contributed by atoms with Crippen LogP contribution in [0.4, 0.5) is 0 Å². The summed E-state index contributed by atoms with van der Waals surface area (Å²) in [6.45, 7) is 1.61. The Kier molecular flexibility index (Phi) is 4.49. The Morgan fingerprint density at radius 1 is 1.40 bits per heavy atom. The number of nitrogens with zero attached hydrogens (tertiary/aromatic N) is 1. The van der Waals surface area contributed by atoms with Crippen LogP contribution in [0.5, 0.6) is 0 Å². The molecule has 0 atom stereocenters. The molecule has 7 heteroatoms. The SMILES string of the molecule is CNCCNC(=O)CN1CCCS1(=O)=O. The van der Waals surface area contributed by atoms with E-state index in [2.05, 4.69) is 10.6 Å². The number of carbonyl (C=O) groups is 1. The van der Waals surface area contributed by atoms with E-state index >= 15 is 0 Å². The van der Waals surface area contributed by atoms with Crippen molar-refractivity contribution in [1.82, 2.24) is 14.9 Å². The molecule has 0 aromatic rings. The Balaban J connectivity index is 2.32. The van der Waals surface area contributed by atoms with Gasteiger partial charge in [-0.2, -0.15) is 4.31 Å². The molecule has 1 amide bonds. The first-order valence-electron chi connectivity index (χ1n) is 4.95. The zero-order valence-electron chi connectivity index (χ0n) is 8.82. The van der Waals surface area contributed by atoms with Gasteiger partial charge in [0.15, 0.2) is 0 Å². The van der Waals surface area contributed by atoms with Crippen LogP contribution in [0, 0.1) is 0 Å². The lowest BCUT2D eigenvalue weighted by atomic mass is 10.4. The summed E-state index contributed by atoms with van der Waals surface area (Å²) in [5, 5.41) is 5.53. The Morgan fingerprint density at radius 2 is 2.13 bits per heavy atom. The summed E-state index contributed by atoms with van der Waals surface area (Å²) in [4.78, 5) is 11.3. The Labute approximate surface area is 90.1 Å². The van der Waals surface area contributed by atoms with Crippen molar-refractivity contribution in [3.05, 3.63) is 0 Å². The summed E-state index contributed by atoms with van der Waals surface area (Å²) < 4.78 is 24.0. The minimum Gasteiger partial charge on any atom is -0.354 e. The van der Waals surface area contributed by atoms with Crippen LogP contribution in [0.25, 0.3) is 0 Å². The van der Waals surface area contributed by atoms with E-state index in [1.54, 1.807) is 7.05 Å². The van der Waals surface area contributed by atoms with Crippen molar-refractivity contribution in [3.8, 4) is 0 Å². The molecule has 6 nitrogen and oxygen atoms in total. The number of sulfonamides is 1. The summed E-state index contributed by atoms with van der Waals surface area (Å²) in [5.41, 5.74) is 0. The molecule has 0 aromatic heterocycles. The number of nitrogens with one attached hydrogen (secondary N) is 2. The second-order valence-corrected chi connectivity index (χ2v) is 5.55. The highest BCUT2D eigenvalue weighted by Gasteiger charge is 2.29. The van der Waals surface area contributed by atoms with Crippen LogP contribution in [0.3, 0.4) is 0 Å². The maximum absolute atomic E-state index is 11.4. The molecule has 0 saturated carbocycles. The van der Waals surface area contributed by atoms with Crippen LogP contribution >= 0.6 is 0 Å². The molecule has 1 aliphatic rings. The molecule has 1 aliphatic heterocycles. The molecule has 88 valence electrons. The molecule has 1 heterocycles. The number of rotatable bonds is 5. The summed E-state index contributed by atoms with van der Waals surface area (Å²) in [6, 6.07) is 0. The number of hydrogen-bond acceptors (Lipinski definition) is 4. The molecule has 0 radical (unpaired) electrons. The van der Waals surface area contributed by atoms with Gasteiger partial charge >= 0.3 is 0 Å². The highest BCUT2D eigenvalue weighted by molar-refractivity contribution is 7.89. The van der Waals surface area contributed by atoms with Gasteiger partial charge in [-0.05, 0) is 13.5 Å². The van der Waals surface area contributed by atoms with Crippen molar-refractivity contribution < 1.29 is 13.2 Å². The van der Waals surface area contributed by atoms with Gasteiger partial charge in [0.1, 0.15) is 0 Å². The Bertz CT molecular complexity index is 315. The largest absolute Gasteiger partial charge is 0.354 e. The highest BCUT2D eigenvalue weighted by atomic mass is 32.2. The van der Waals surface area contributed by atoms with Crippen molar-refractivity contribution in [2.75, 3.05) is 39.0 Å². The van der Waals surface area contributed by atoms with Crippen LogP contribution in [-0.4, -0.2) is 57.6 Å². The first-order valence-corrected chi connectivity index (χ1v) is 6.56. The molecule has 0 spiro atoms. The predicted molar refractivity (Wildman–Crippen MR) is 56.9 cm³/mol. The van der Waals surface area contributed by atoms with Gasteiger partial charge in [0.05, 0.1) is 12.3 Å². The molecule has 1 rings (SSSR count). The van der Waals surface area contributed by atoms with Gasteiger partial charge in [0, 0.05) is 19.6 Å². The van der Waals surface area contributed by atoms with E-state index < -0.39 is 10.0 Å². The fraction of sp³-hybridized carbons (Fsp3) is 0.875. The van der Waals surface area contributed by atoms with Gasteiger partial charge in [-0.25, -0.2) is 8.42 Å². The lowest BCUT2D eigenvalue weighted by Crippen LogP contribution is -2.40. The lowest BCUT2D eigenvalue weighted by Gasteiger charge is -2.13. The maximum Gasteiger partial charge on any atom is 0.235 e. The molecule has 15 heavy (non-hydrogen) atoms. The molecule has 0 aliphatic carbocycles. The third kappa shape index (κ3) is 3.77. The van der Waals surface area contributed by atoms with E-state index in [1.807, 2.05) is 0 Å². The Hall–Kier alpha value is -0.660. The zero-order valence-corrected chi connectivity index (χ0v) is 9.64. The zero-order chi connectivity index (χ0) is 11.3. The maximum atomic E-state index is 11.4. The first-order chi connectivity index (χ1) is 7.06. The Morgan fingerprint density at radius 3 is 2.67 bits per heavy atom. The van der Waals surface area contributed by atoms with Crippen LogP contribution in [0.15, 0.2) is 0 Å². The van der Waals surface area contributed by atoms with Gasteiger partial charge in [-0.15, -0.1) is 0 Å². The minimum absolute atomic E-state index is 0.0496. The first kappa shape index (κ1) is 12.4. The van der Waals surface area contributed by atoms with Gasteiger partial charge < -0.3 is 10.6 Å². The van der Waals surface area contributed by atoms with Crippen LogP contribution in [0.2, 0.25) is 0 Å². The van der Waals surface area contributed by atoms with Gasteiger partial charge in [0.25, 0.3) is 0 Å². The van der Waals surface area contributed by atoms with E-state index in [0.29, 0.717) is 26.1 Å². The van der Waals surface area contributed by atoms with E-state index in [0.717, 1.165) is 0 Å². The molecule has 0 unspecified atom stereocenters. The van der Waals surface area contributed by atoms with E-state index in [4.69, 9.17) is 0 Å². The summed E-state index contributed by atoms with van der Waals surface area (Å²) >= 11 is 0. The minimum atomic E-state index is -3.16. The van der Waals surface area contributed by atoms with Crippen molar-refractivity contribution in [1.29, 1.82) is 0 Å². The number of likely N-dealkylation sites (N-methyl/N-ethyl adjacent to an activating group) is 1. The van der Waals surface area contributed by atoms with Gasteiger partial charge in [0.2, 0.25) is 15.9 Å². The van der Waals surface area contributed by atoms with Crippen molar-refractivity contribution in [2.24, 2.45) is 0 Å². The second kappa shape index (κ2) is 5.43. The quantitative estimate of drug-likeness (QED) is 0.560. The van der Waals surface area contributed by atoms with E-state index in [9.17, 15) is 13.2 Å². The van der Waals surface area contributed by atoms with Crippen LogP contribution < -0.4 is 10.6 Å². The summed E-state index contributed by atoms with van der Waals surface area (Å²) in [6.07, 6.45) is 0.617. The normalized spacial score (nSPS) is 20.3. The monoisotopic (exact) mass is 235 g/mol. The van der Waals surface area contributed by atoms with E-state index in [-0.39, 0.29) is 18.2 Å². The molecule has 1 fully saturated rings. The van der Waals surface area contributed by atoms with Crippen molar-refractivity contribution >= 4 is 15.9 Å². The predicted octanol–water partition coefficient (Wildman–Crippen LogP) is -1.64. The van der Waals surface area contributed by atoms with E-state index in [1.165, 1.54) is 4.31 Å². The molecule has 1 saturated heterocycles. The third-order valence-electron chi connectivity index (χ3n) is 2.22. The molecule has 0 aromatic carbocycles. The topological polar surface area (TPSA) is 78.5 Å². The fourth-order valence-electron chi connectivity index (χ4n) is 1.41. The van der Waals surface area contributed by atoms with Gasteiger partial charge in [-0.1, -0.05) is 0 Å². The van der Waals surface area contributed by atoms with Gasteiger partial charge in [-0.3, -0.25) is 4.79 Å². The number of amides is 1. The molecular formula is C8H17N3O3S. The van der Waals surface area contributed by atoms with Crippen LogP contribution in [0.1, 0.15) is 6.42 Å². The van der Waals surface area contributed by atoms with Crippen molar-refractivity contribution in [2.45, 2.75) is 6.42 Å². The fourth-order valence-corrected chi connectivity index (χ4v) is 2.89. The number of hydrogen-bond donors (Lipinski definition) is 2. The average molecular weight is 235 g/mol. The average Bonchev–Trinajstić information content (AvgIpc) is 2.46. The summed E-state index contributed by atoms with van der Waals surface area (Å²) in [7, 11) is -1.37. The standard InChI is InChI=1S/C8H17N3O3S/c1-9-3-4-10-8(12)7-11-5-2-6-15(11,13)14/h9H,2-7H2,1H3,(H,10,12). The second-order valence-electron chi connectivity index (χ2n) is 3.46. The van der Waals surface area contributed by atoms with Crippen molar-refractivity contribution in [3.63, 3.8) is 0 Å². The lowest BCUT2D eigenvalue weighted by molar-refractivity contribution is -0.121. The number of carbonyl (C=O) groups excluding carboxylic acids is 1. The highest BCUT2D eigenvalue weighted by Crippen LogP contribution is 2.11. The van der Waals surface area contributed by atoms with Crippen LogP contribution in [-0.2, 0) is 14.8 Å². The smallest absolute Gasteiger partial charge is 0.235 e.